The first-order chi connectivity index (χ1) is 67.2. The number of aryl methyl sites for hydroxylation is 1. The maximum atomic E-state index is 14.4. The zero-order chi connectivity index (χ0) is 95.5. The molecule has 0 saturated carbocycles. The Hall–Kier alpha value is -17.1. The van der Waals surface area contributed by atoms with E-state index in [1.54, 1.807) is 93.7 Å². The van der Waals surface area contributed by atoms with Crippen LogP contribution in [0.5, 0.6) is 11.6 Å². The summed E-state index contributed by atoms with van der Waals surface area (Å²) in [4.78, 5) is 70.7. The summed E-state index contributed by atoms with van der Waals surface area (Å²) in [5.74, 6) is 0.397. The Morgan fingerprint density at radius 1 is 0.304 bits per heavy atom. The average molecular weight is 1890 g/mol. The summed E-state index contributed by atoms with van der Waals surface area (Å²) in [6, 6.07) is 75.8. The number of anilines is 5. The summed E-state index contributed by atoms with van der Waals surface area (Å²) in [5.41, 5.74) is 44.6. The van der Waals surface area contributed by atoms with E-state index in [0.717, 1.165) is 160 Å². The summed E-state index contributed by atoms with van der Waals surface area (Å²) in [6.45, 7) is 3.60. The Morgan fingerprint density at radius 3 is 1.12 bits per heavy atom. The van der Waals surface area contributed by atoms with E-state index in [2.05, 4.69) is 90.7 Å². The third-order valence-corrected chi connectivity index (χ3v) is 23.8. The number of hydrogen-bond acceptors (Lipinski definition) is 23. The van der Waals surface area contributed by atoms with Gasteiger partial charge in [-0.1, -0.05) is 108 Å². The lowest BCUT2D eigenvalue weighted by molar-refractivity contribution is 0.166. The molecule has 1 aliphatic rings. The first-order valence-electron chi connectivity index (χ1n) is 43.0. The minimum absolute atomic E-state index is 0.0604. The summed E-state index contributed by atoms with van der Waals surface area (Å²) in [5, 5.41) is 4.22. The molecule has 10 aromatic carbocycles. The number of ether oxygens (including phenoxy) is 2. The number of hydrogen-bond donors (Lipinski definition) is 4. The summed E-state index contributed by atoms with van der Waals surface area (Å²) < 4.78 is 81.3. The molecule has 1 aliphatic heterocycles. The number of fused-ring (bicyclic) bond motifs is 5. The van der Waals surface area contributed by atoms with Crippen LogP contribution in [0.4, 0.5) is 50.9 Å². The van der Waals surface area contributed by atoms with Gasteiger partial charge in [0.2, 0.25) is 5.88 Å². The molecule has 0 bridgehead atoms. The van der Waals surface area contributed by atoms with Crippen molar-refractivity contribution in [1.29, 1.82) is 0 Å². The monoisotopic (exact) mass is 1890 g/mol. The average Bonchev–Trinajstić information content (AvgIpc) is 0.796. The van der Waals surface area contributed by atoms with Gasteiger partial charge in [0.25, 0.3) is 0 Å². The normalized spacial score (nSPS) is 11.8. The van der Waals surface area contributed by atoms with Crippen molar-refractivity contribution < 1.29 is 31.4 Å². The van der Waals surface area contributed by atoms with Crippen LogP contribution < -0.4 is 37.3 Å². The van der Waals surface area contributed by atoms with E-state index in [0.29, 0.717) is 78.8 Å². The molecule has 1 saturated heterocycles. The van der Waals surface area contributed by atoms with Crippen LogP contribution in [0.3, 0.4) is 0 Å². The Kier molecular flexibility index (Phi) is 27.3. The molecule has 0 unspecified atom stereocenters. The lowest BCUT2D eigenvalue weighted by atomic mass is 9.97. The van der Waals surface area contributed by atoms with E-state index in [1.807, 2.05) is 176 Å². The van der Waals surface area contributed by atoms with Crippen molar-refractivity contribution in [3.63, 3.8) is 0 Å². The molecule has 11 aromatic heterocycles. The molecule has 23 nitrogen and oxygen atoms in total. The van der Waals surface area contributed by atoms with Gasteiger partial charge in [-0.2, -0.15) is 0 Å². The van der Waals surface area contributed by atoms with E-state index in [9.17, 15) is 22.0 Å². The second-order valence-corrected chi connectivity index (χ2v) is 32.8. The Labute approximate surface area is 801 Å². The molecule has 22 rings (SSSR count). The highest BCUT2D eigenvalue weighted by atomic mass is 35.5. The second-order valence-electron chi connectivity index (χ2n) is 31.6. The first kappa shape index (κ1) is 91.4. The number of rotatable bonds is 14. The van der Waals surface area contributed by atoms with Crippen molar-refractivity contribution in [3.8, 4) is 124 Å². The van der Waals surface area contributed by atoms with Gasteiger partial charge in [-0.05, 0) is 216 Å². The number of nitrogen functional groups attached to an aromatic ring is 4. The van der Waals surface area contributed by atoms with E-state index in [-0.39, 0.29) is 33.3 Å². The molecule has 21 aromatic rings. The number of nitrogens with two attached hydrogens (primary N) is 4. The fourth-order valence-electron chi connectivity index (χ4n) is 16.1. The van der Waals surface area contributed by atoms with Crippen molar-refractivity contribution in [2.24, 2.45) is 0 Å². The number of aromatic nitrogens is 16. The third-order valence-electron chi connectivity index (χ3n) is 23.0. The molecule has 0 atom stereocenters. The highest BCUT2D eigenvalue weighted by Crippen LogP contribution is 2.43. The Balaban J connectivity index is 0.000000116. The van der Waals surface area contributed by atoms with Crippen LogP contribution in [-0.4, -0.2) is 106 Å². The van der Waals surface area contributed by atoms with Crippen LogP contribution in [0.2, 0.25) is 15.1 Å². The summed E-state index contributed by atoms with van der Waals surface area (Å²) >= 11 is 17.8. The SMILES string of the molecule is COc1cccc(-c2ncccc2-c2ccc3ncnc(N)c3c2)c1.Cc1cc(-c2ncccc2-c2ccc3ncnc(OC4CCN(c5ccncc5)CC4)c3c2)ccc1F.Nc1ncnc2ccc(-c3cccnc3-c3cc(Cl)c(F)cc3F)cc12.Nc1ncnc2ccc(-c3cccnc3-c3cc(Cl)ccc3F)cc12.Nc1ncnc2ccc(-c3cccnc3-c3ccc(F)c(Cl)c3)cc12. The number of pyridine rings is 6. The molecular formula is C107H77Cl3F5N21O2. The van der Waals surface area contributed by atoms with Crippen molar-refractivity contribution in [2.45, 2.75) is 25.9 Å². The van der Waals surface area contributed by atoms with Crippen LogP contribution in [0.15, 0.2) is 330 Å². The number of halogens is 8. The van der Waals surface area contributed by atoms with Gasteiger partial charge in [0.15, 0.2) is 0 Å². The molecule has 1 fully saturated rings. The summed E-state index contributed by atoms with van der Waals surface area (Å²) in [6.07, 6.45) is 21.2. The molecule has 678 valence electrons. The molecule has 31 heteroatoms. The van der Waals surface area contributed by atoms with Crippen molar-refractivity contribution in [3.05, 3.63) is 380 Å². The van der Waals surface area contributed by atoms with Crippen molar-refractivity contribution >= 4 is 118 Å². The Bertz CT molecular complexity index is 8140. The molecule has 8 N–H and O–H groups in total. The van der Waals surface area contributed by atoms with Crippen LogP contribution >= 0.6 is 34.8 Å². The topological polar surface area (TPSA) is 332 Å². The van der Waals surface area contributed by atoms with E-state index < -0.39 is 17.5 Å². The highest BCUT2D eigenvalue weighted by molar-refractivity contribution is 6.31. The molecule has 0 amide bonds. The molecule has 12 heterocycles. The van der Waals surface area contributed by atoms with Gasteiger partial charge in [-0.3, -0.25) is 29.9 Å². The minimum Gasteiger partial charge on any atom is -0.497 e. The Morgan fingerprint density at radius 2 is 0.681 bits per heavy atom. The zero-order valence-electron chi connectivity index (χ0n) is 73.3. The van der Waals surface area contributed by atoms with Gasteiger partial charge in [0.05, 0.1) is 78.6 Å². The number of methoxy groups -OCH3 is 1. The number of nitrogens with zero attached hydrogens (tertiary/aromatic N) is 17. The predicted octanol–water partition coefficient (Wildman–Crippen LogP) is 24.5. The number of piperidine rings is 1. The quantitative estimate of drug-likeness (QED) is 0.0580. The molecule has 138 heavy (non-hydrogen) atoms. The fraction of sp³-hybridized carbons (Fsp3) is 0.0654. The predicted molar refractivity (Wildman–Crippen MR) is 535 cm³/mol. The maximum absolute atomic E-state index is 14.4. The van der Waals surface area contributed by atoms with E-state index in [4.69, 9.17) is 67.2 Å². The standard InChI is InChI=1S/C30H26FN5O.C20H16N4O.C19H11ClF2N4.2C19H12ClFN4/c1-20-17-22(4-6-27(20)31)29-25(3-2-12-33-29)21-5-7-28-26(18-21)30(35-19-34-28)37-24-10-15-36(16-11-24)23-8-13-32-14-9-23;1-25-15-5-2-4-14(10-15)19-16(6-3-9-22-19)13-7-8-18-17(11-13)20(21)24-12-23-18;20-14-7-12(15(21)8-16(14)22)18-11(2-1-5-24-18)10-3-4-17-13(6-10)19(23)26-9-25-17;20-12-4-5-16(21)14(9-12)18-13(2-1-7-23-18)11-3-6-17-15(8-11)19(22)25-10-24-17;20-15-9-12(3-5-16(15)21)18-13(2-1-7-23-18)11-4-6-17-14(8-11)19(22)25-10-24-17/h2-9,12-14,17-19,24H,10-11,15-16H2,1H3;2-12H,1H3,(H2,21,23,24);1-9H,(H2,23,25,26);2*1-10H,(H2,22,24,25). The smallest absolute Gasteiger partial charge is 0.224 e. The van der Waals surface area contributed by atoms with Crippen LogP contribution in [-0.2, 0) is 0 Å². The van der Waals surface area contributed by atoms with Gasteiger partial charge >= 0.3 is 0 Å². The molecule has 0 spiro atoms. The third kappa shape index (κ3) is 20.2. The molecular weight excluding hydrogens is 1810 g/mol. The van der Waals surface area contributed by atoms with Gasteiger partial charge in [0.1, 0.15) is 95.8 Å². The van der Waals surface area contributed by atoms with Gasteiger partial charge < -0.3 is 37.3 Å². The second kappa shape index (κ2) is 41.2. The van der Waals surface area contributed by atoms with Crippen molar-refractivity contribution in [1.82, 2.24) is 79.7 Å². The minimum atomic E-state index is -0.818. The first-order valence-corrected chi connectivity index (χ1v) is 44.2. The van der Waals surface area contributed by atoms with Crippen LogP contribution in [0.1, 0.15) is 18.4 Å². The van der Waals surface area contributed by atoms with Gasteiger partial charge in [-0.25, -0.2) is 71.8 Å². The maximum Gasteiger partial charge on any atom is 0.224 e. The van der Waals surface area contributed by atoms with E-state index >= 15 is 0 Å². The van der Waals surface area contributed by atoms with Crippen LogP contribution in [0, 0.1) is 36.0 Å². The van der Waals surface area contributed by atoms with E-state index in [1.165, 1.54) is 67.5 Å². The van der Waals surface area contributed by atoms with Crippen molar-refractivity contribution in [2.75, 3.05) is 48.0 Å². The van der Waals surface area contributed by atoms with Gasteiger partial charge in [0, 0.05) is 163 Å². The lowest BCUT2D eigenvalue weighted by Gasteiger charge is -2.33. The van der Waals surface area contributed by atoms with Gasteiger partial charge in [-0.15, -0.1) is 0 Å². The zero-order valence-corrected chi connectivity index (χ0v) is 75.6. The number of benzene rings is 10. The molecule has 0 aliphatic carbocycles. The fourth-order valence-corrected chi connectivity index (χ4v) is 16.6. The lowest BCUT2D eigenvalue weighted by Crippen LogP contribution is -2.38. The summed E-state index contributed by atoms with van der Waals surface area (Å²) in [7, 11) is 1.66. The highest BCUT2D eigenvalue weighted by Gasteiger charge is 2.25. The molecule has 0 radical (unpaired) electrons. The largest absolute Gasteiger partial charge is 0.497 e. The van der Waals surface area contributed by atoms with Crippen LogP contribution in [0.25, 0.3) is 166 Å².